The molecular formula is C40H32N8O9. The van der Waals surface area contributed by atoms with Crippen LogP contribution in [0.1, 0.15) is 28.1 Å². The first-order valence-corrected chi connectivity index (χ1v) is 17.4. The van der Waals surface area contributed by atoms with Crippen LogP contribution in [0.15, 0.2) is 147 Å². The van der Waals surface area contributed by atoms with E-state index in [0.717, 1.165) is 22.8 Å². The number of ether oxygens (including phenoxy) is 2. The lowest BCUT2D eigenvalue weighted by Crippen LogP contribution is -2.37. The summed E-state index contributed by atoms with van der Waals surface area (Å²) in [6.45, 7) is 3.49. The first-order valence-electron chi connectivity index (χ1n) is 17.4. The molecule has 0 bridgehead atoms. The Morgan fingerprint density at radius 1 is 0.684 bits per heavy atom. The van der Waals surface area contributed by atoms with Crippen LogP contribution in [-0.2, 0) is 37.4 Å². The number of benzene rings is 4. The number of nitro benzene ring substituents is 2. The van der Waals surface area contributed by atoms with Gasteiger partial charge < -0.3 is 24.7 Å². The molecular weight excluding hydrogens is 736 g/mol. The number of nitrogens with zero attached hydrogens (tertiary/aromatic N) is 6. The maximum absolute atomic E-state index is 11.9. The van der Waals surface area contributed by atoms with Gasteiger partial charge >= 0.3 is 18.0 Å². The normalized spacial score (nSPS) is 16.1. The molecule has 8 rings (SSSR count). The van der Waals surface area contributed by atoms with E-state index in [1.165, 1.54) is 29.2 Å². The van der Waals surface area contributed by atoms with Gasteiger partial charge in [-0.2, -0.15) is 0 Å². The van der Waals surface area contributed by atoms with Crippen LogP contribution in [0, 0.1) is 20.2 Å². The maximum atomic E-state index is 11.9. The Bertz CT molecular complexity index is 2390. The van der Waals surface area contributed by atoms with E-state index in [0.29, 0.717) is 11.4 Å². The van der Waals surface area contributed by atoms with E-state index in [1.807, 2.05) is 60.8 Å². The summed E-state index contributed by atoms with van der Waals surface area (Å²) < 4.78 is 12.8. The fourth-order valence-electron chi connectivity index (χ4n) is 6.78. The molecule has 6 aromatic rings. The lowest BCUT2D eigenvalue weighted by atomic mass is 9.77. The molecule has 0 radical (unpaired) electrons. The number of cyclic esters (lactones) is 3. The van der Waals surface area contributed by atoms with Crippen LogP contribution >= 0.6 is 0 Å². The first-order chi connectivity index (χ1) is 27.5. The van der Waals surface area contributed by atoms with Gasteiger partial charge in [-0.3, -0.25) is 24.8 Å². The lowest BCUT2D eigenvalue weighted by molar-refractivity contribution is -0.394. The minimum Gasteiger partial charge on any atom is -0.409 e. The molecule has 2 aliphatic heterocycles. The van der Waals surface area contributed by atoms with Crippen LogP contribution in [0.25, 0.3) is 5.69 Å². The smallest absolute Gasteiger partial charge is 0.409 e. The minimum absolute atomic E-state index is 0.126. The Labute approximate surface area is 323 Å². The van der Waals surface area contributed by atoms with Gasteiger partial charge in [-0.1, -0.05) is 91.0 Å². The number of rotatable bonds is 11. The largest absolute Gasteiger partial charge is 0.415 e. The Hall–Kier alpha value is -7.95. The number of alkyl carbamates (subject to hydrolysis) is 1. The maximum Gasteiger partial charge on any atom is 0.415 e. The van der Waals surface area contributed by atoms with Gasteiger partial charge in [-0.25, -0.2) is 24.4 Å². The third-order valence-corrected chi connectivity index (χ3v) is 9.32. The number of non-ortho nitro benzene ring substituents is 1. The van der Waals surface area contributed by atoms with Crippen molar-refractivity contribution in [3.63, 3.8) is 0 Å². The molecule has 0 aliphatic carbocycles. The van der Waals surface area contributed by atoms with Crippen LogP contribution in [0.3, 0.4) is 0 Å². The number of imidazole rings is 2. The van der Waals surface area contributed by atoms with Gasteiger partial charge in [0.25, 0.3) is 11.4 Å². The highest BCUT2D eigenvalue weighted by molar-refractivity contribution is 5.95. The summed E-state index contributed by atoms with van der Waals surface area (Å²) in [6.07, 6.45) is 6.29. The monoisotopic (exact) mass is 768 g/mol. The van der Waals surface area contributed by atoms with E-state index in [4.69, 9.17) is 4.74 Å². The topological polar surface area (TPSA) is 216 Å². The highest BCUT2D eigenvalue weighted by Crippen LogP contribution is 2.41. The zero-order valence-corrected chi connectivity index (χ0v) is 29.8. The SMILES string of the molecule is C=C1N[C@@H](Cc2cn(-c3ccc([N+](=O)[O-])cc3[N+](=O)[O-])cn2)C(=O)O1.O=C1N[C@@H](Cc2cn(C(c3ccccc3)(c3ccccc3)c3ccccc3)cn2)C(=O)O1. The summed E-state index contributed by atoms with van der Waals surface area (Å²) in [5, 5.41) is 27.3. The van der Waals surface area contributed by atoms with Gasteiger partial charge in [0, 0.05) is 31.3 Å². The van der Waals surface area contributed by atoms with E-state index in [-0.39, 0.29) is 30.1 Å². The molecule has 4 aromatic carbocycles. The molecule has 2 saturated heterocycles. The van der Waals surface area contributed by atoms with Crippen molar-refractivity contribution < 1.29 is 33.7 Å². The highest BCUT2D eigenvalue weighted by Gasteiger charge is 2.39. The van der Waals surface area contributed by atoms with E-state index in [1.54, 1.807) is 6.33 Å². The molecule has 17 heteroatoms. The third kappa shape index (κ3) is 7.70. The zero-order chi connectivity index (χ0) is 40.1. The van der Waals surface area contributed by atoms with Gasteiger partial charge in [0.1, 0.15) is 23.3 Å². The van der Waals surface area contributed by atoms with E-state index in [2.05, 4.69) is 72.9 Å². The molecule has 2 aromatic heterocycles. The average Bonchev–Trinajstić information content (AvgIpc) is 4.02. The molecule has 2 atom stereocenters. The summed E-state index contributed by atoms with van der Waals surface area (Å²) in [5.41, 5.74) is 3.05. The van der Waals surface area contributed by atoms with Crippen molar-refractivity contribution >= 4 is 29.4 Å². The second-order valence-electron chi connectivity index (χ2n) is 12.9. The Kier molecular flexibility index (Phi) is 10.4. The van der Waals surface area contributed by atoms with Gasteiger partial charge in [-0.05, 0) is 29.3 Å². The van der Waals surface area contributed by atoms with Crippen LogP contribution in [-0.4, -0.2) is 59.1 Å². The van der Waals surface area contributed by atoms with Crippen molar-refractivity contribution in [1.82, 2.24) is 29.7 Å². The Morgan fingerprint density at radius 3 is 1.70 bits per heavy atom. The van der Waals surface area contributed by atoms with Gasteiger partial charge in [0.2, 0.25) is 0 Å². The molecule has 2 N–H and O–H groups in total. The van der Waals surface area contributed by atoms with Crippen LogP contribution in [0.5, 0.6) is 0 Å². The number of carbonyl (C=O) groups excluding carboxylic acids is 3. The molecule has 0 unspecified atom stereocenters. The van der Waals surface area contributed by atoms with Crippen LogP contribution in [0.4, 0.5) is 16.2 Å². The number of carbonyl (C=O) groups is 3. The van der Waals surface area contributed by atoms with Gasteiger partial charge in [0.15, 0.2) is 5.88 Å². The number of nitrogens with one attached hydrogen (secondary N) is 2. The third-order valence-electron chi connectivity index (χ3n) is 9.32. The number of hydrogen-bond acceptors (Lipinski definition) is 12. The lowest BCUT2D eigenvalue weighted by Gasteiger charge is -2.37. The van der Waals surface area contributed by atoms with E-state index < -0.39 is 51.2 Å². The summed E-state index contributed by atoms with van der Waals surface area (Å²) in [5.74, 6) is -0.911. The van der Waals surface area contributed by atoms with Gasteiger partial charge in [0.05, 0.1) is 40.0 Å². The summed E-state index contributed by atoms with van der Waals surface area (Å²) in [4.78, 5) is 64.1. The number of hydrogen-bond donors (Lipinski definition) is 2. The molecule has 2 fully saturated rings. The van der Waals surface area contributed by atoms with Crippen molar-refractivity contribution in [1.29, 1.82) is 0 Å². The van der Waals surface area contributed by atoms with Crippen molar-refractivity contribution in [3.05, 3.63) is 195 Å². The first kappa shape index (κ1) is 37.4. The van der Waals surface area contributed by atoms with Crippen LogP contribution < -0.4 is 10.6 Å². The van der Waals surface area contributed by atoms with Gasteiger partial charge in [-0.15, -0.1) is 0 Å². The summed E-state index contributed by atoms with van der Waals surface area (Å²) in [7, 11) is 0. The predicted molar refractivity (Wildman–Crippen MR) is 202 cm³/mol. The second-order valence-corrected chi connectivity index (χ2v) is 12.9. The quantitative estimate of drug-likeness (QED) is 0.0578. The molecule has 286 valence electrons. The molecule has 0 spiro atoms. The van der Waals surface area contributed by atoms with Crippen molar-refractivity contribution in [2.75, 3.05) is 0 Å². The molecule has 0 saturated carbocycles. The molecule has 17 nitrogen and oxygen atoms in total. The van der Waals surface area contributed by atoms with Crippen molar-refractivity contribution in [3.8, 4) is 5.69 Å². The second kappa shape index (κ2) is 15.8. The number of amides is 1. The molecule has 4 heterocycles. The predicted octanol–water partition coefficient (Wildman–Crippen LogP) is 5.12. The number of nitro groups is 2. The number of esters is 2. The standard InChI is InChI=1S/C26H21N3O3.C14H11N5O6/c30-24-23(28-25(31)32-24)16-22-17-29(18-27-22)26(19-10-4-1-5-11-19,20-12-6-2-7-13-20)21-14-8-3-9-15-21;1-8-16-11(14(20)25-8)4-9-6-17(7-15-9)12-3-2-10(18(21)22)5-13(12)19(23)24/h1-15,17-18,23H,16H2,(H,28,31);2-3,5-7,11,16H,1,4H2/t23-;11-/m00/s1. The fraction of sp³-hybridized carbons (Fsp3) is 0.125. The highest BCUT2D eigenvalue weighted by atomic mass is 16.6. The molecule has 2 aliphatic rings. The Morgan fingerprint density at radius 2 is 1.21 bits per heavy atom. The Balaban J connectivity index is 0.000000180. The van der Waals surface area contributed by atoms with Crippen LogP contribution in [0.2, 0.25) is 0 Å². The van der Waals surface area contributed by atoms with E-state index >= 15 is 0 Å². The zero-order valence-electron chi connectivity index (χ0n) is 29.8. The molecule has 1 amide bonds. The average molecular weight is 769 g/mol. The van der Waals surface area contributed by atoms with Crippen molar-refractivity contribution in [2.45, 2.75) is 30.5 Å². The fourth-order valence-corrected chi connectivity index (χ4v) is 6.78. The number of aromatic nitrogens is 4. The van der Waals surface area contributed by atoms with Crippen molar-refractivity contribution in [2.24, 2.45) is 0 Å². The molecule has 57 heavy (non-hydrogen) atoms. The minimum atomic E-state index is -0.731. The summed E-state index contributed by atoms with van der Waals surface area (Å²) >= 11 is 0. The summed E-state index contributed by atoms with van der Waals surface area (Å²) in [6, 6.07) is 32.7. The van der Waals surface area contributed by atoms with E-state index in [9.17, 15) is 34.6 Å².